The Balaban J connectivity index is 1.90. The molecule has 23 heavy (non-hydrogen) atoms. The van der Waals surface area contributed by atoms with Crippen LogP contribution in [0.4, 0.5) is 14.5 Å². The molecule has 120 valence electrons. The van der Waals surface area contributed by atoms with Gasteiger partial charge in [-0.15, -0.1) is 0 Å². The molecule has 5 heteroatoms. The number of benzene rings is 1. The quantitative estimate of drug-likeness (QED) is 0.904. The first-order valence-corrected chi connectivity index (χ1v) is 7.62. The van der Waals surface area contributed by atoms with Crippen molar-refractivity contribution >= 4 is 11.6 Å². The monoisotopic (exact) mass is 316 g/mol. The van der Waals surface area contributed by atoms with E-state index in [4.69, 9.17) is 0 Å². The van der Waals surface area contributed by atoms with Crippen LogP contribution in [0.3, 0.4) is 0 Å². The number of rotatable bonds is 4. The first-order chi connectivity index (χ1) is 10.9. The van der Waals surface area contributed by atoms with Crippen molar-refractivity contribution in [3.8, 4) is 11.3 Å². The van der Waals surface area contributed by atoms with E-state index in [-0.39, 0.29) is 12.3 Å². The highest BCUT2D eigenvalue weighted by Gasteiger charge is 2.61. The van der Waals surface area contributed by atoms with Gasteiger partial charge in [0.25, 0.3) is 5.92 Å². The van der Waals surface area contributed by atoms with Gasteiger partial charge in [0.05, 0.1) is 5.69 Å². The Morgan fingerprint density at radius 1 is 1.30 bits per heavy atom. The Morgan fingerprint density at radius 3 is 2.61 bits per heavy atom. The maximum absolute atomic E-state index is 13.0. The van der Waals surface area contributed by atoms with Gasteiger partial charge in [-0.1, -0.05) is 26.0 Å². The Bertz CT molecular complexity index is 729. The van der Waals surface area contributed by atoms with Gasteiger partial charge in [0.2, 0.25) is 5.91 Å². The van der Waals surface area contributed by atoms with Crippen molar-refractivity contribution < 1.29 is 13.6 Å². The van der Waals surface area contributed by atoms with Gasteiger partial charge >= 0.3 is 0 Å². The molecule has 1 heterocycles. The van der Waals surface area contributed by atoms with Gasteiger partial charge in [0.15, 0.2) is 0 Å². The second-order valence-electron chi connectivity index (χ2n) is 6.18. The standard InChI is InChI=1S/C18H18F2N2O/c1-11(2)13-7-6-12(22-17(23)15-10-18(15,19)20)9-14(13)16-5-3-4-8-21-16/h3-9,11,15H,10H2,1-2H3,(H,22,23)/t15-/m0/s1. The van der Waals surface area contributed by atoms with Crippen molar-refractivity contribution in [3.05, 3.63) is 48.2 Å². The van der Waals surface area contributed by atoms with Crippen molar-refractivity contribution in [2.75, 3.05) is 5.32 Å². The maximum atomic E-state index is 13.0. The minimum atomic E-state index is -2.86. The molecule has 1 amide bonds. The molecule has 1 N–H and O–H groups in total. The zero-order chi connectivity index (χ0) is 16.6. The largest absolute Gasteiger partial charge is 0.326 e. The lowest BCUT2D eigenvalue weighted by Gasteiger charge is -2.15. The van der Waals surface area contributed by atoms with Gasteiger partial charge in [-0.05, 0) is 35.7 Å². The van der Waals surface area contributed by atoms with Crippen LogP contribution < -0.4 is 5.32 Å². The Labute approximate surface area is 133 Å². The lowest BCUT2D eigenvalue weighted by molar-refractivity contribution is -0.119. The third kappa shape index (κ3) is 3.23. The number of hydrogen-bond acceptors (Lipinski definition) is 2. The fourth-order valence-corrected chi connectivity index (χ4v) is 2.61. The summed E-state index contributed by atoms with van der Waals surface area (Å²) in [6, 6.07) is 11.1. The van der Waals surface area contributed by atoms with Crippen LogP contribution in [0.15, 0.2) is 42.6 Å². The molecule has 0 bridgehead atoms. The number of pyridine rings is 1. The first-order valence-electron chi connectivity index (χ1n) is 7.62. The normalized spacial score (nSPS) is 18.7. The number of nitrogens with zero attached hydrogens (tertiary/aromatic N) is 1. The van der Waals surface area contributed by atoms with E-state index in [1.165, 1.54) is 0 Å². The smallest absolute Gasteiger partial charge is 0.260 e. The molecule has 2 aromatic rings. The molecule has 1 fully saturated rings. The van der Waals surface area contributed by atoms with Crippen molar-refractivity contribution in [2.24, 2.45) is 5.92 Å². The Kier molecular flexibility index (Phi) is 3.88. The van der Waals surface area contributed by atoms with Gasteiger partial charge in [-0.2, -0.15) is 0 Å². The minimum absolute atomic E-state index is 0.282. The first kappa shape index (κ1) is 15.6. The fourth-order valence-electron chi connectivity index (χ4n) is 2.61. The van der Waals surface area contributed by atoms with Crippen LogP contribution in [0.5, 0.6) is 0 Å². The lowest BCUT2D eigenvalue weighted by Crippen LogP contribution is -2.17. The summed E-state index contributed by atoms with van der Waals surface area (Å²) >= 11 is 0. The van der Waals surface area contributed by atoms with Crippen LogP contribution in [0, 0.1) is 5.92 Å². The van der Waals surface area contributed by atoms with Crippen molar-refractivity contribution in [2.45, 2.75) is 32.1 Å². The molecule has 1 aromatic heterocycles. The summed E-state index contributed by atoms with van der Waals surface area (Å²) in [4.78, 5) is 16.2. The van der Waals surface area contributed by atoms with Crippen molar-refractivity contribution in [1.29, 1.82) is 0 Å². The number of alkyl halides is 2. The molecule has 1 aliphatic carbocycles. The number of amides is 1. The van der Waals surface area contributed by atoms with E-state index >= 15 is 0 Å². The van der Waals surface area contributed by atoms with E-state index in [0.29, 0.717) is 5.69 Å². The van der Waals surface area contributed by atoms with Crippen LogP contribution in [-0.2, 0) is 4.79 Å². The molecule has 1 saturated carbocycles. The highest BCUT2D eigenvalue weighted by molar-refractivity contribution is 5.95. The third-order valence-electron chi connectivity index (χ3n) is 4.03. The average molecular weight is 316 g/mol. The molecule has 1 atom stereocenters. The number of nitrogens with one attached hydrogen (secondary N) is 1. The molecule has 1 aromatic carbocycles. The predicted octanol–water partition coefficient (Wildman–Crippen LogP) is 4.47. The van der Waals surface area contributed by atoms with E-state index in [2.05, 4.69) is 24.1 Å². The second kappa shape index (κ2) is 5.72. The van der Waals surface area contributed by atoms with Crippen LogP contribution in [0.25, 0.3) is 11.3 Å². The highest BCUT2D eigenvalue weighted by atomic mass is 19.3. The van der Waals surface area contributed by atoms with Crippen LogP contribution in [0.1, 0.15) is 31.7 Å². The van der Waals surface area contributed by atoms with Gasteiger partial charge in [-0.3, -0.25) is 9.78 Å². The number of halogens is 2. The molecule has 0 aliphatic heterocycles. The van der Waals surface area contributed by atoms with E-state index in [1.807, 2.05) is 24.3 Å². The molecule has 0 radical (unpaired) electrons. The molecular weight excluding hydrogens is 298 g/mol. The molecule has 0 spiro atoms. The van der Waals surface area contributed by atoms with Gasteiger partial charge < -0.3 is 5.32 Å². The van der Waals surface area contributed by atoms with Crippen molar-refractivity contribution in [3.63, 3.8) is 0 Å². The van der Waals surface area contributed by atoms with E-state index < -0.39 is 17.7 Å². The van der Waals surface area contributed by atoms with E-state index in [1.54, 1.807) is 18.3 Å². The molecule has 3 nitrogen and oxygen atoms in total. The zero-order valence-corrected chi connectivity index (χ0v) is 13.0. The summed E-state index contributed by atoms with van der Waals surface area (Å²) in [5.74, 6) is -4.40. The maximum Gasteiger partial charge on any atom is 0.260 e. The van der Waals surface area contributed by atoms with Gasteiger partial charge in [0, 0.05) is 23.9 Å². The SMILES string of the molecule is CC(C)c1ccc(NC(=O)[C@@H]2CC2(F)F)cc1-c1ccccn1. The topological polar surface area (TPSA) is 42.0 Å². The highest BCUT2D eigenvalue weighted by Crippen LogP contribution is 2.49. The predicted molar refractivity (Wildman–Crippen MR) is 85.4 cm³/mol. The van der Waals surface area contributed by atoms with Crippen molar-refractivity contribution in [1.82, 2.24) is 4.98 Å². The van der Waals surface area contributed by atoms with Gasteiger partial charge in [0.1, 0.15) is 5.92 Å². The van der Waals surface area contributed by atoms with Crippen LogP contribution >= 0.6 is 0 Å². The Morgan fingerprint density at radius 2 is 2.04 bits per heavy atom. The van der Waals surface area contributed by atoms with Gasteiger partial charge in [-0.25, -0.2) is 8.78 Å². The average Bonchev–Trinajstić information content (AvgIpc) is 3.17. The molecule has 0 saturated heterocycles. The fraction of sp³-hybridized carbons (Fsp3) is 0.333. The zero-order valence-electron chi connectivity index (χ0n) is 13.0. The molecule has 3 rings (SSSR count). The number of carbonyl (C=O) groups is 1. The summed E-state index contributed by atoms with van der Waals surface area (Å²) in [5, 5.41) is 2.59. The number of anilines is 1. The number of hydrogen-bond donors (Lipinski definition) is 1. The van der Waals surface area contributed by atoms with Crippen LogP contribution in [-0.4, -0.2) is 16.8 Å². The summed E-state index contributed by atoms with van der Waals surface area (Å²) < 4.78 is 26.0. The molecule has 0 unspecified atom stereocenters. The summed E-state index contributed by atoms with van der Waals surface area (Å²) in [6.07, 6.45) is 1.34. The summed E-state index contributed by atoms with van der Waals surface area (Å²) in [7, 11) is 0. The number of carbonyl (C=O) groups excluding carboxylic acids is 1. The Hall–Kier alpha value is -2.30. The van der Waals surface area contributed by atoms with E-state index in [0.717, 1.165) is 16.8 Å². The second-order valence-corrected chi connectivity index (χ2v) is 6.18. The van der Waals surface area contributed by atoms with E-state index in [9.17, 15) is 13.6 Å². The molecule has 1 aliphatic rings. The third-order valence-corrected chi connectivity index (χ3v) is 4.03. The lowest BCUT2D eigenvalue weighted by atomic mass is 9.94. The minimum Gasteiger partial charge on any atom is -0.326 e. The summed E-state index contributed by atoms with van der Waals surface area (Å²) in [6.45, 7) is 4.15. The van der Waals surface area contributed by atoms with Crippen LogP contribution in [0.2, 0.25) is 0 Å². The number of aromatic nitrogens is 1. The summed E-state index contributed by atoms with van der Waals surface area (Å²) in [5.41, 5.74) is 3.31. The molecular formula is C18H18F2N2O.